The molecule has 0 aliphatic carbocycles. The Kier molecular flexibility index (Phi) is 8.06. The van der Waals surface area contributed by atoms with Gasteiger partial charge in [0.1, 0.15) is 12.3 Å². The van der Waals surface area contributed by atoms with Gasteiger partial charge in [0.05, 0.1) is 22.2 Å². The lowest BCUT2D eigenvalue weighted by atomic mass is 10.1. The van der Waals surface area contributed by atoms with Crippen molar-refractivity contribution in [3.8, 4) is 0 Å². The Morgan fingerprint density at radius 1 is 1.23 bits per heavy atom. The zero-order chi connectivity index (χ0) is 22.3. The summed E-state index contributed by atoms with van der Waals surface area (Å²) in [4.78, 5) is 23.9. The summed E-state index contributed by atoms with van der Waals surface area (Å²) in [6.45, 7) is 10.6. The minimum absolute atomic E-state index is 0.104. The van der Waals surface area contributed by atoms with Crippen LogP contribution in [0.1, 0.15) is 19.4 Å². The van der Waals surface area contributed by atoms with Crippen molar-refractivity contribution in [3.63, 3.8) is 0 Å². The fraction of sp³-hybridized carbons (Fsp3) is 0.286. The number of rotatable bonds is 9. The first kappa shape index (κ1) is 23.0. The second kappa shape index (κ2) is 10.5. The van der Waals surface area contributed by atoms with Crippen LogP contribution in [0.3, 0.4) is 0 Å². The van der Waals surface area contributed by atoms with E-state index in [2.05, 4.69) is 21.7 Å². The Hall–Kier alpha value is -3.26. The van der Waals surface area contributed by atoms with Gasteiger partial charge in [-0.2, -0.15) is 5.11 Å². The third-order valence-corrected chi connectivity index (χ3v) is 4.58. The van der Waals surface area contributed by atoms with Crippen molar-refractivity contribution in [3.05, 3.63) is 69.3 Å². The molecule has 0 aromatic heterocycles. The maximum absolute atomic E-state index is 11.5. The summed E-state index contributed by atoms with van der Waals surface area (Å²) in [7, 11) is 0. The highest BCUT2D eigenvalue weighted by molar-refractivity contribution is 6.33. The standard InChI is InChI=1S/C21H23ClN4O4/c1-5-25(10-11-30-21(27)14(2)3)16-6-8-19(15(4)12-16)23-24-20-9-7-17(26(28)29)13-18(20)22/h6-9,12-13H,2,5,10-11H2,1,3-4H3. The number of nitrogens with zero attached hydrogens (tertiary/aromatic N) is 4. The minimum atomic E-state index is -0.519. The van der Waals surface area contributed by atoms with Crippen molar-refractivity contribution >= 4 is 40.3 Å². The zero-order valence-corrected chi connectivity index (χ0v) is 17.8. The second-order valence-electron chi connectivity index (χ2n) is 6.56. The number of likely N-dealkylation sites (N-methyl/N-ethyl adjacent to an activating group) is 1. The third kappa shape index (κ3) is 6.12. The van der Waals surface area contributed by atoms with E-state index in [0.717, 1.165) is 17.8 Å². The van der Waals surface area contributed by atoms with Crippen LogP contribution in [0.25, 0.3) is 0 Å². The lowest BCUT2D eigenvalue weighted by Crippen LogP contribution is -2.28. The molecule has 8 nitrogen and oxygen atoms in total. The van der Waals surface area contributed by atoms with Crippen molar-refractivity contribution in [2.24, 2.45) is 10.2 Å². The number of ether oxygens (including phenoxy) is 1. The van der Waals surface area contributed by atoms with Gasteiger partial charge in [0.25, 0.3) is 5.69 Å². The van der Waals surface area contributed by atoms with Gasteiger partial charge in [-0.15, -0.1) is 5.11 Å². The van der Waals surface area contributed by atoms with Crippen molar-refractivity contribution in [2.45, 2.75) is 20.8 Å². The summed E-state index contributed by atoms with van der Waals surface area (Å²) in [5, 5.41) is 19.3. The van der Waals surface area contributed by atoms with Crippen LogP contribution in [0.15, 0.2) is 58.8 Å². The maximum atomic E-state index is 11.5. The second-order valence-corrected chi connectivity index (χ2v) is 6.97. The molecule has 2 aromatic carbocycles. The number of benzene rings is 2. The summed E-state index contributed by atoms with van der Waals surface area (Å²) < 4.78 is 5.16. The molecule has 0 saturated carbocycles. The van der Waals surface area contributed by atoms with Gasteiger partial charge in [0.15, 0.2) is 0 Å². The van der Waals surface area contributed by atoms with Crippen LogP contribution < -0.4 is 4.90 Å². The van der Waals surface area contributed by atoms with Crippen LogP contribution in [0.4, 0.5) is 22.7 Å². The number of anilines is 1. The van der Waals surface area contributed by atoms with Gasteiger partial charge in [-0.1, -0.05) is 18.2 Å². The smallest absolute Gasteiger partial charge is 0.333 e. The predicted molar refractivity (Wildman–Crippen MR) is 117 cm³/mol. The van der Waals surface area contributed by atoms with Crippen LogP contribution >= 0.6 is 11.6 Å². The average Bonchev–Trinajstić information content (AvgIpc) is 2.70. The molecular weight excluding hydrogens is 408 g/mol. The van der Waals surface area contributed by atoms with Gasteiger partial charge in [-0.25, -0.2) is 4.79 Å². The highest BCUT2D eigenvalue weighted by atomic mass is 35.5. The van der Waals surface area contributed by atoms with E-state index in [9.17, 15) is 14.9 Å². The number of non-ortho nitro benzene ring substituents is 1. The predicted octanol–water partition coefficient (Wildman–Crippen LogP) is 5.92. The van der Waals surface area contributed by atoms with Gasteiger partial charge in [-0.05, 0) is 50.6 Å². The lowest BCUT2D eigenvalue weighted by Gasteiger charge is -2.23. The Balaban J connectivity index is 2.10. The van der Waals surface area contributed by atoms with E-state index in [0.29, 0.717) is 23.5 Å². The number of carbonyl (C=O) groups is 1. The van der Waals surface area contributed by atoms with Crippen molar-refractivity contribution in [1.82, 2.24) is 0 Å². The largest absolute Gasteiger partial charge is 0.460 e. The molecule has 0 unspecified atom stereocenters. The molecule has 0 spiro atoms. The summed E-state index contributed by atoms with van der Waals surface area (Å²) in [5.41, 5.74) is 3.13. The number of nitro benzene ring substituents is 1. The number of carbonyl (C=O) groups excluding carboxylic acids is 1. The Labute approximate surface area is 180 Å². The van der Waals surface area contributed by atoms with E-state index in [-0.39, 0.29) is 17.3 Å². The Morgan fingerprint density at radius 3 is 2.47 bits per heavy atom. The molecule has 2 rings (SSSR count). The highest BCUT2D eigenvalue weighted by Gasteiger charge is 2.11. The number of hydrogen-bond acceptors (Lipinski definition) is 7. The first-order chi connectivity index (χ1) is 14.2. The molecule has 0 saturated heterocycles. The van der Waals surface area contributed by atoms with Crippen LogP contribution in [-0.2, 0) is 9.53 Å². The summed E-state index contributed by atoms with van der Waals surface area (Å²) >= 11 is 6.05. The normalized spacial score (nSPS) is 10.8. The maximum Gasteiger partial charge on any atom is 0.333 e. The molecule has 158 valence electrons. The molecule has 0 bridgehead atoms. The van der Waals surface area contributed by atoms with E-state index >= 15 is 0 Å². The summed E-state index contributed by atoms with van der Waals surface area (Å²) in [5.74, 6) is -0.400. The van der Waals surface area contributed by atoms with Crippen LogP contribution in [-0.4, -0.2) is 30.6 Å². The Bertz CT molecular complexity index is 991. The molecule has 0 aliphatic heterocycles. The number of aryl methyl sites for hydroxylation is 1. The van der Waals surface area contributed by atoms with Gasteiger partial charge in [0, 0.05) is 29.9 Å². The lowest BCUT2D eigenvalue weighted by molar-refractivity contribution is -0.384. The van der Waals surface area contributed by atoms with E-state index in [1.807, 2.05) is 32.0 Å². The zero-order valence-electron chi connectivity index (χ0n) is 17.1. The quantitative estimate of drug-likeness (QED) is 0.162. The van der Waals surface area contributed by atoms with E-state index < -0.39 is 10.9 Å². The third-order valence-electron chi connectivity index (χ3n) is 4.28. The average molecular weight is 431 g/mol. The molecule has 2 aromatic rings. The fourth-order valence-electron chi connectivity index (χ4n) is 2.59. The number of nitro groups is 1. The van der Waals surface area contributed by atoms with Gasteiger partial charge in [0.2, 0.25) is 0 Å². The number of halogens is 1. The monoisotopic (exact) mass is 430 g/mol. The molecule has 0 radical (unpaired) electrons. The van der Waals surface area contributed by atoms with Crippen LogP contribution in [0.2, 0.25) is 5.02 Å². The highest BCUT2D eigenvalue weighted by Crippen LogP contribution is 2.32. The molecular formula is C21H23ClN4O4. The molecule has 0 amide bonds. The SMILES string of the molecule is C=C(C)C(=O)OCCN(CC)c1ccc(N=Nc2ccc([N+](=O)[O-])cc2Cl)c(C)c1. The first-order valence-corrected chi connectivity index (χ1v) is 9.64. The molecule has 0 heterocycles. The molecule has 0 N–H and O–H groups in total. The van der Waals surface area contributed by atoms with E-state index in [1.165, 1.54) is 18.2 Å². The number of esters is 1. The molecule has 0 aliphatic rings. The van der Waals surface area contributed by atoms with Crippen molar-refractivity contribution in [1.29, 1.82) is 0 Å². The van der Waals surface area contributed by atoms with E-state index in [4.69, 9.17) is 16.3 Å². The molecule has 0 atom stereocenters. The van der Waals surface area contributed by atoms with E-state index in [1.54, 1.807) is 6.92 Å². The summed E-state index contributed by atoms with van der Waals surface area (Å²) in [6, 6.07) is 9.73. The number of azo groups is 1. The Morgan fingerprint density at radius 2 is 1.90 bits per heavy atom. The molecule has 0 fully saturated rings. The molecule has 30 heavy (non-hydrogen) atoms. The van der Waals surface area contributed by atoms with Crippen molar-refractivity contribution in [2.75, 3.05) is 24.6 Å². The van der Waals surface area contributed by atoms with Gasteiger partial charge in [-0.3, -0.25) is 10.1 Å². The topological polar surface area (TPSA) is 97.4 Å². The number of hydrogen-bond donors (Lipinski definition) is 0. The van der Waals surface area contributed by atoms with Crippen LogP contribution in [0, 0.1) is 17.0 Å². The van der Waals surface area contributed by atoms with Crippen molar-refractivity contribution < 1.29 is 14.5 Å². The minimum Gasteiger partial charge on any atom is -0.460 e. The fourth-order valence-corrected chi connectivity index (χ4v) is 2.80. The first-order valence-electron chi connectivity index (χ1n) is 9.26. The summed E-state index contributed by atoms with van der Waals surface area (Å²) in [6.07, 6.45) is 0. The van der Waals surface area contributed by atoms with Crippen LogP contribution in [0.5, 0.6) is 0 Å². The molecule has 9 heteroatoms. The van der Waals surface area contributed by atoms with Gasteiger partial charge >= 0.3 is 5.97 Å². The van der Waals surface area contributed by atoms with Gasteiger partial charge < -0.3 is 9.64 Å².